The third-order valence-corrected chi connectivity index (χ3v) is 2.71. The highest BCUT2D eigenvalue weighted by atomic mass is 32.1. The number of carbonyl (C=O) groups excluding carboxylic acids is 2. The summed E-state index contributed by atoms with van der Waals surface area (Å²) in [5.74, 6) is -2.06. The Kier molecular flexibility index (Phi) is 11.0. The number of Topliss-reactive ketones (excluding diaryl/α,β-unsaturated/α-hetero) is 1. The van der Waals surface area contributed by atoms with Crippen molar-refractivity contribution in [3.05, 3.63) is 0 Å². The van der Waals surface area contributed by atoms with Crippen LogP contribution in [0.1, 0.15) is 47.5 Å². The number of ketones is 1. The lowest BCUT2D eigenvalue weighted by molar-refractivity contribution is -0.145. The smallest absolute Gasteiger partial charge is 0.481 e. The molecule has 0 heterocycles. The van der Waals surface area contributed by atoms with Crippen molar-refractivity contribution in [2.24, 2.45) is 11.8 Å². The Morgan fingerprint density at radius 3 is 1.86 bits per heavy atom. The van der Waals surface area contributed by atoms with Gasteiger partial charge in [-0.1, -0.05) is 13.8 Å². The van der Waals surface area contributed by atoms with Gasteiger partial charge < -0.3 is 14.6 Å². The van der Waals surface area contributed by atoms with Gasteiger partial charge in [0.15, 0.2) is 0 Å². The number of carboxylic acid groups (broad SMARTS) is 1. The average Bonchev–Trinajstić information content (AvgIpc) is 2.22. The summed E-state index contributed by atoms with van der Waals surface area (Å²) in [5.41, 5.74) is 0. The van der Waals surface area contributed by atoms with E-state index in [4.69, 9.17) is 14.6 Å². The van der Waals surface area contributed by atoms with E-state index in [0.717, 1.165) is 0 Å². The topological polar surface area (TPSA) is 89.9 Å². The van der Waals surface area contributed by atoms with E-state index in [1.165, 1.54) is 0 Å². The first-order chi connectivity index (χ1) is 9.13. The van der Waals surface area contributed by atoms with E-state index in [9.17, 15) is 14.4 Å². The summed E-state index contributed by atoms with van der Waals surface area (Å²) in [7, 11) is 0. The van der Waals surface area contributed by atoms with Crippen LogP contribution < -0.4 is 0 Å². The Bertz CT molecular complexity index is 353. The molecule has 1 N–H and O–H groups in total. The molecule has 7 heteroatoms. The molecular formula is C14H26O6S. The zero-order chi connectivity index (χ0) is 15.9. The molecule has 0 spiro atoms. The molecule has 6 nitrogen and oxygen atoms in total. The first-order valence-electron chi connectivity index (χ1n) is 6.75. The minimum Gasteiger partial charge on any atom is -0.481 e. The summed E-state index contributed by atoms with van der Waals surface area (Å²) in [6, 6.07) is 0. The highest BCUT2D eigenvalue weighted by molar-refractivity contribution is 7.59. The van der Waals surface area contributed by atoms with Crippen LogP contribution in [0.25, 0.3) is 0 Å². The molecule has 124 valence electrons. The molecular weight excluding hydrogens is 296 g/mol. The quantitative estimate of drug-likeness (QED) is 0.691. The van der Waals surface area contributed by atoms with Crippen LogP contribution in [0.15, 0.2) is 0 Å². The van der Waals surface area contributed by atoms with Gasteiger partial charge in [-0.25, -0.2) is 4.79 Å². The highest BCUT2D eigenvalue weighted by Crippen LogP contribution is 2.17. The van der Waals surface area contributed by atoms with Crippen LogP contribution in [0.5, 0.6) is 0 Å². The summed E-state index contributed by atoms with van der Waals surface area (Å²) < 4.78 is 9.70. The Hall–Kier alpha value is -1.24. The summed E-state index contributed by atoms with van der Waals surface area (Å²) in [4.78, 5) is 34.0. The summed E-state index contributed by atoms with van der Waals surface area (Å²) in [5, 5.41) is 9.01. The Labute approximate surface area is 132 Å². The van der Waals surface area contributed by atoms with Crippen molar-refractivity contribution >= 4 is 31.4 Å². The molecule has 0 aromatic rings. The largest absolute Gasteiger partial charge is 0.508 e. The van der Waals surface area contributed by atoms with Gasteiger partial charge in [0.1, 0.15) is 11.9 Å². The van der Waals surface area contributed by atoms with Gasteiger partial charge in [-0.2, -0.15) is 13.5 Å². The van der Waals surface area contributed by atoms with Gasteiger partial charge in [-0.05, 0) is 26.7 Å². The van der Waals surface area contributed by atoms with Crippen LogP contribution in [0.4, 0.5) is 4.79 Å². The molecule has 0 radical (unpaired) electrons. The van der Waals surface area contributed by atoms with Crippen LogP contribution >= 0.6 is 13.5 Å². The van der Waals surface area contributed by atoms with E-state index in [1.807, 2.05) is 0 Å². The van der Waals surface area contributed by atoms with Crippen molar-refractivity contribution < 1.29 is 29.0 Å². The van der Waals surface area contributed by atoms with Gasteiger partial charge in [0.05, 0.1) is 12.0 Å². The van der Waals surface area contributed by atoms with Crippen LogP contribution in [-0.4, -0.2) is 35.2 Å². The minimum absolute atomic E-state index is 0. The fraction of sp³-hybridized carbons (Fsp3) is 0.786. The SMILES string of the molecule is CC(C)OC(=O)OC(C)CC(=O)CC(C(=O)O)C(C)C.S. The molecule has 21 heavy (non-hydrogen) atoms. The average molecular weight is 322 g/mol. The maximum absolute atomic E-state index is 11.8. The predicted molar refractivity (Wildman–Crippen MR) is 82.7 cm³/mol. The van der Waals surface area contributed by atoms with Crippen molar-refractivity contribution in [1.29, 1.82) is 0 Å². The molecule has 0 bridgehead atoms. The zero-order valence-corrected chi connectivity index (χ0v) is 14.2. The van der Waals surface area contributed by atoms with Crippen molar-refractivity contribution in [3.63, 3.8) is 0 Å². The third-order valence-electron chi connectivity index (χ3n) is 2.71. The van der Waals surface area contributed by atoms with Gasteiger partial charge in [-0.15, -0.1) is 0 Å². The van der Waals surface area contributed by atoms with Gasteiger partial charge in [0.25, 0.3) is 0 Å². The Morgan fingerprint density at radius 2 is 1.48 bits per heavy atom. The second-order valence-electron chi connectivity index (χ2n) is 5.48. The van der Waals surface area contributed by atoms with Crippen molar-refractivity contribution in [2.75, 3.05) is 0 Å². The second-order valence-corrected chi connectivity index (χ2v) is 5.48. The fourth-order valence-electron chi connectivity index (χ4n) is 1.68. The maximum atomic E-state index is 11.8. The highest BCUT2D eigenvalue weighted by Gasteiger charge is 2.26. The van der Waals surface area contributed by atoms with E-state index in [2.05, 4.69) is 0 Å². The van der Waals surface area contributed by atoms with E-state index in [-0.39, 0.29) is 44.1 Å². The van der Waals surface area contributed by atoms with Gasteiger partial charge >= 0.3 is 12.1 Å². The predicted octanol–water partition coefficient (Wildman–Crippen LogP) is 2.76. The Morgan fingerprint density at radius 1 is 0.952 bits per heavy atom. The molecule has 0 fully saturated rings. The van der Waals surface area contributed by atoms with Gasteiger partial charge in [-0.3, -0.25) is 9.59 Å². The number of ether oxygens (including phenoxy) is 2. The monoisotopic (exact) mass is 322 g/mol. The van der Waals surface area contributed by atoms with Crippen molar-refractivity contribution in [2.45, 2.75) is 59.7 Å². The molecule has 0 saturated heterocycles. The van der Waals surface area contributed by atoms with Gasteiger partial charge in [0.2, 0.25) is 0 Å². The number of hydrogen-bond acceptors (Lipinski definition) is 5. The molecule has 0 saturated carbocycles. The van der Waals surface area contributed by atoms with Crippen molar-refractivity contribution in [1.82, 2.24) is 0 Å². The summed E-state index contributed by atoms with van der Waals surface area (Å²) in [6.45, 7) is 8.47. The molecule has 2 unspecified atom stereocenters. The zero-order valence-electron chi connectivity index (χ0n) is 13.2. The molecule has 0 aromatic carbocycles. The number of hydrogen-bond donors (Lipinski definition) is 1. The molecule has 0 aromatic heterocycles. The number of carbonyl (C=O) groups is 3. The summed E-state index contributed by atoms with van der Waals surface area (Å²) in [6.07, 6.45) is -1.80. The molecule has 0 amide bonds. The third kappa shape index (κ3) is 10.2. The second kappa shape index (κ2) is 10.5. The van der Waals surface area contributed by atoms with E-state index < -0.39 is 24.1 Å². The summed E-state index contributed by atoms with van der Waals surface area (Å²) >= 11 is 0. The Balaban J connectivity index is 0. The van der Waals surface area contributed by atoms with Crippen LogP contribution in [0.2, 0.25) is 0 Å². The first kappa shape index (κ1) is 22.0. The van der Waals surface area contributed by atoms with Crippen LogP contribution in [-0.2, 0) is 19.1 Å². The van der Waals surface area contributed by atoms with E-state index in [0.29, 0.717) is 0 Å². The molecule has 2 atom stereocenters. The lowest BCUT2D eigenvalue weighted by atomic mass is 9.89. The first-order valence-corrected chi connectivity index (χ1v) is 6.75. The van der Waals surface area contributed by atoms with E-state index in [1.54, 1.807) is 34.6 Å². The molecule has 0 aliphatic rings. The number of rotatable bonds is 8. The fourth-order valence-corrected chi connectivity index (χ4v) is 1.68. The standard InChI is InChI=1S/C14H24O6.H2S/c1-8(2)12(13(16)17)7-11(15)6-10(5)20-14(18)19-9(3)4;/h8-10,12H,6-7H2,1-5H3,(H,16,17);1H2. The minimum atomic E-state index is -0.985. The van der Waals surface area contributed by atoms with E-state index >= 15 is 0 Å². The van der Waals surface area contributed by atoms with Gasteiger partial charge in [0, 0.05) is 12.8 Å². The molecule has 0 rings (SSSR count). The molecule has 0 aliphatic heterocycles. The lowest BCUT2D eigenvalue weighted by Crippen LogP contribution is -2.26. The van der Waals surface area contributed by atoms with Crippen LogP contribution in [0.3, 0.4) is 0 Å². The number of aliphatic carboxylic acids is 1. The molecule has 0 aliphatic carbocycles. The number of carboxylic acids is 1. The normalized spacial score (nSPS) is 13.3. The maximum Gasteiger partial charge on any atom is 0.508 e. The lowest BCUT2D eigenvalue weighted by Gasteiger charge is -2.17. The van der Waals surface area contributed by atoms with Crippen molar-refractivity contribution in [3.8, 4) is 0 Å². The van der Waals surface area contributed by atoms with Crippen LogP contribution in [0, 0.1) is 11.8 Å².